The molecular formula is C9H14FN3OS. The van der Waals surface area contributed by atoms with E-state index in [0.717, 1.165) is 24.5 Å². The van der Waals surface area contributed by atoms with Crippen LogP contribution in [0.2, 0.25) is 0 Å². The predicted octanol–water partition coefficient (Wildman–Crippen LogP) is 1.14. The molecule has 2 N–H and O–H groups in total. The Morgan fingerprint density at radius 1 is 1.40 bits per heavy atom. The van der Waals surface area contributed by atoms with E-state index in [1.807, 2.05) is 0 Å². The molecule has 4 nitrogen and oxygen atoms in total. The summed E-state index contributed by atoms with van der Waals surface area (Å²) in [6.07, 6.45) is 2.00. The van der Waals surface area contributed by atoms with Gasteiger partial charge in [0.25, 0.3) is 0 Å². The zero-order valence-electron chi connectivity index (χ0n) is 8.32. The molecule has 0 aliphatic carbocycles. The topological polar surface area (TPSA) is 58.0 Å². The summed E-state index contributed by atoms with van der Waals surface area (Å²) in [5.41, 5.74) is 0. The third-order valence-corrected chi connectivity index (χ3v) is 2.70. The van der Waals surface area contributed by atoms with Gasteiger partial charge in [0, 0.05) is 25.0 Å². The Hall–Kier alpha value is -0.880. The molecule has 0 unspecified atom stereocenters. The van der Waals surface area contributed by atoms with Crippen LogP contribution < -0.4 is 5.32 Å². The number of anilines is 1. The van der Waals surface area contributed by atoms with E-state index in [1.54, 1.807) is 11.8 Å². The zero-order chi connectivity index (χ0) is 10.9. The summed E-state index contributed by atoms with van der Waals surface area (Å²) in [4.78, 5) is 7.22. The minimum absolute atomic E-state index is 0.234. The van der Waals surface area contributed by atoms with Gasteiger partial charge in [-0.25, -0.2) is 9.97 Å². The van der Waals surface area contributed by atoms with Gasteiger partial charge < -0.3 is 10.4 Å². The van der Waals surface area contributed by atoms with Crippen molar-refractivity contribution in [2.75, 3.05) is 30.0 Å². The Kier molecular flexibility index (Phi) is 6.03. The van der Waals surface area contributed by atoms with Crippen LogP contribution in [0.1, 0.15) is 6.42 Å². The van der Waals surface area contributed by atoms with Crippen LogP contribution in [-0.4, -0.2) is 39.7 Å². The summed E-state index contributed by atoms with van der Waals surface area (Å²) in [5, 5.41) is 11.5. The Morgan fingerprint density at radius 2 is 2.27 bits per heavy atom. The number of nitrogens with one attached hydrogen (secondary N) is 1. The molecule has 0 bridgehead atoms. The molecular weight excluding hydrogens is 217 g/mol. The summed E-state index contributed by atoms with van der Waals surface area (Å²) in [6, 6.07) is 1.26. The van der Waals surface area contributed by atoms with Gasteiger partial charge in [-0.1, -0.05) is 0 Å². The van der Waals surface area contributed by atoms with Gasteiger partial charge in [-0.2, -0.15) is 16.2 Å². The van der Waals surface area contributed by atoms with Crippen molar-refractivity contribution in [2.45, 2.75) is 6.42 Å². The number of rotatable bonds is 7. The number of halogens is 1. The average molecular weight is 231 g/mol. The molecule has 6 heteroatoms. The molecule has 0 aliphatic heterocycles. The van der Waals surface area contributed by atoms with E-state index in [1.165, 1.54) is 12.4 Å². The fourth-order valence-corrected chi connectivity index (χ4v) is 1.73. The van der Waals surface area contributed by atoms with Crippen molar-refractivity contribution in [3.63, 3.8) is 0 Å². The fourth-order valence-electron chi connectivity index (χ4n) is 0.950. The highest BCUT2D eigenvalue weighted by molar-refractivity contribution is 7.99. The summed E-state index contributed by atoms with van der Waals surface area (Å²) >= 11 is 1.74. The average Bonchev–Trinajstić information content (AvgIpc) is 2.23. The van der Waals surface area contributed by atoms with Crippen LogP contribution in [0.25, 0.3) is 0 Å². The van der Waals surface area contributed by atoms with Gasteiger partial charge in [0.1, 0.15) is 12.1 Å². The standard InChI is InChI=1S/C9H14FN3OS/c10-8-6-9(13-7-12-8)11-2-5-15-4-1-3-14/h6-7,14H,1-5H2,(H,11,12,13). The normalized spacial score (nSPS) is 10.3. The predicted molar refractivity (Wildman–Crippen MR) is 59.5 cm³/mol. The smallest absolute Gasteiger partial charge is 0.217 e. The van der Waals surface area contributed by atoms with Crippen molar-refractivity contribution in [1.82, 2.24) is 9.97 Å². The summed E-state index contributed by atoms with van der Waals surface area (Å²) in [7, 11) is 0. The van der Waals surface area contributed by atoms with Crippen molar-refractivity contribution in [1.29, 1.82) is 0 Å². The second-order valence-corrected chi connectivity index (χ2v) is 4.07. The number of nitrogens with zero attached hydrogens (tertiary/aromatic N) is 2. The first-order valence-electron chi connectivity index (χ1n) is 4.73. The number of thioether (sulfide) groups is 1. The molecule has 0 amide bonds. The van der Waals surface area contributed by atoms with Gasteiger partial charge in [-0.05, 0) is 12.2 Å². The van der Waals surface area contributed by atoms with Crippen molar-refractivity contribution < 1.29 is 9.50 Å². The first-order valence-corrected chi connectivity index (χ1v) is 5.88. The molecule has 1 aromatic rings. The first-order chi connectivity index (χ1) is 7.33. The lowest BCUT2D eigenvalue weighted by Crippen LogP contribution is -2.06. The van der Waals surface area contributed by atoms with E-state index >= 15 is 0 Å². The van der Waals surface area contributed by atoms with E-state index in [0.29, 0.717) is 5.82 Å². The maximum Gasteiger partial charge on any atom is 0.217 e. The number of aliphatic hydroxyl groups is 1. The van der Waals surface area contributed by atoms with E-state index in [9.17, 15) is 4.39 Å². The Bertz CT molecular complexity index is 288. The molecule has 1 aromatic heterocycles. The summed E-state index contributed by atoms with van der Waals surface area (Å²) < 4.78 is 12.6. The molecule has 0 aromatic carbocycles. The second-order valence-electron chi connectivity index (χ2n) is 2.84. The molecule has 15 heavy (non-hydrogen) atoms. The van der Waals surface area contributed by atoms with E-state index in [2.05, 4.69) is 15.3 Å². The number of aromatic nitrogens is 2. The van der Waals surface area contributed by atoms with Gasteiger partial charge >= 0.3 is 0 Å². The minimum Gasteiger partial charge on any atom is -0.396 e. The molecule has 1 rings (SSSR count). The number of hydrogen-bond acceptors (Lipinski definition) is 5. The first kappa shape index (κ1) is 12.2. The monoisotopic (exact) mass is 231 g/mol. The van der Waals surface area contributed by atoms with Gasteiger partial charge in [-0.15, -0.1) is 0 Å². The molecule has 84 valence electrons. The van der Waals surface area contributed by atoms with Crippen LogP contribution in [0.5, 0.6) is 0 Å². The van der Waals surface area contributed by atoms with Crippen molar-refractivity contribution in [3.8, 4) is 0 Å². The maximum atomic E-state index is 12.6. The van der Waals surface area contributed by atoms with Crippen molar-refractivity contribution in [2.24, 2.45) is 0 Å². The van der Waals surface area contributed by atoms with Gasteiger partial charge in [-0.3, -0.25) is 0 Å². The van der Waals surface area contributed by atoms with Crippen LogP contribution in [0.3, 0.4) is 0 Å². The molecule has 0 aliphatic rings. The Labute approximate surface area is 92.3 Å². The molecule has 0 fully saturated rings. The quantitative estimate of drug-likeness (QED) is 0.544. The molecule has 0 spiro atoms. The Balaban J connectivity index is 2.10. The van der Waals surface area contributed by atoms with Crippen LogP contribution in [0, 0.1) is 5.95 Å². The zero-order valence-corrected chi connectivity index (χ0v) is 9.13. The van der Waals surface area contributed by atoms with Gasteiger partial charge in [0.05, 0.1) is 0 Å². The Morgan fingerprint density at radius 3 is 3.00 bits per heavy atom. The fraction of sp³-hybridized carbons (Fsp3) is 0.556. The number of aliphatic hydroxyl groups excluding tert-OH is 1. The highest BCUT2D eigenvalue weighted by Gasteiger charge is 1.96. The summed E-state index contributed by atoms with van der Waals surface area (Å²) in [5.74, 6) is 1.83. The SMILES string of the molecule is OCCCSCCNc1cc(F)ncn1. The van der Waals surface area contributed by atoms with Crippen LogP contribution in [0.15, 0.2) is 12.4 Å². The van der Waals surface area contributed by atoms with Crippen LogP contribution >= 0.6 is 11.8 Å². The number of hydrogen-bond donors (Lipinski definition) is 2. The highest BCUT2D eigenvalue weighted by Crippen LogP contribution is 2.04. The largest absolute Gasteiger partial charge is 0.396 e. The highest BCUT2D eigenvalue weighted by atomic mass is 32.2. The lowest BCUT2D eigenvalue weighted by Gasteiger charge is -2.04. The minimum atomic E-state index is -0.527. The van der Waals surface area contributed by atoms with Gasteiger partial charge in [0.2, 0.25) is 5.95 Å². The van der Waals surface area contributed by atoms with Gasteiger partial charge in [0.15, 0.2) is 0 Å². The molecule has 0 atom stereocenters. The van der Waals surface area contributed by atoms with Crippen LogP contribution in [-0.2, 0) is 0 Å². The molecule has 0 saturated carbocycles. The van der Waals surface area contributed by atoms with Crippen LogP contribution in [0.4, 0.5) is 10.2 Å². The lowest BCUT2D eigenvalue weighted by molar-refractivity contribution is 0.296. The maximum absolute atomic E-state index is 12.6. The second kappa shape index (κ2) is 7.42. The molecule has 0 saturated heterocycles. The third-order valence-electron chi connectivity index (χ3n) is 1.63. The molecule has 1 heterocycles. The van der Waals surface area contributed by atoms with E-state index in [-0.39, 0.29) is 6.61 Å². The van der Waals surface area contributed by atoms with E-state index < -0.39 is 5.95 Å². The van der Waals surface area contributed by atoms with Crippen molar-refractivity contribution in [3.05, 3.63) is 18.3 Å². The van der Waals surface area contributed by atoms with Crippen molar-refractivity contribution >= 4 is 17.6 Å². The molecule has 0 radical (unpaired) electrons. The lowest BCUT2D eigenvalue weighted by atomic mass is 10.5. The third kappa shape index (κ3) is 5.54. The summed E-state index contributed by atoms with van der Waals surface area (Å²) in [6.45, 7) is 0.962. The van der Waals surface area contributed by atoms with E-state index in [4.69, 9.17) is 5.11 Å².